The van der Waals surface area contributed by atoms with E-state index >= 15 is 0 Å². The molecule has 1 aromatic carbocycles. The molecular formula is C15H20N3O2. The standard InChI is InChI=1S/C15H20N3O2/c1-3-15(20)18(14-7-5-4-6-8-14)17-11-9-16(10-12-17)13(2)19/h5-8H,3,9-12H2,1-2H3. The largest absolute Gasteiger partial charge is 0.340 e. The molecule has 1 aliphatic heterocycles. The van der Waals surface area contributed by atoms with Gasteiger partial charge in [0.05, 0.1) is 5.69 Å². The minimum atomic E-state index is 0.0625. The second-order valence-corrected chi connectivity index (χ2v) is 4.78. The van der Waals surface area contributed by atoms with Gasteiger partial charge in [-0.05, 0) is 18.2 Å². The van der Waals surface area contributed by atoms with Crippen LogP contribution in [0.1, 0.15) is 20.3 Å². The van der Waals surface area contributed by atoms with E-state index in [2.05, 4.69) is 6.07 Å². The lowest BCUT2D eigenvalue weighted by Gasteiger charge is -2.40. The molecule has 20 heavy (non-hydrogen) atoms. The van der Waals surface area contributed by atoms with Crippen LogP contribution in [0.25, 0.3) is 0 Å². The summed E-state index contributed by atoms with van der Waals surface area (Å²) in [5, 5.41) is 3.74. The molecular weight excluding hydrogens is 254 g/mol. The molecule has 0 bridgehead atoms. The van der Waals surface area contributed by atoms with E-state index in [1.54, 1.807) is 24.1 Å². The van der Waals surface area contributed by atoms with Crippen molar-refractivity contribution in [2.24, 2.45) is 0 Å². The van der Waals surface area contributed by atoms with Crippen molar-refractivity contribution >= 4 is 17.5 Å². The van der Waals surface area contributed by atoms with Crippen LogP contribution >= 0.6 is 0 Å². The summed E-state index contributed by atoms with van der Waals surface area (Å²) >= 11 is 0. The van der Waals surface area contributed by atoms with Crippen molar-refractivity contribution in [3.05, 3.63) is 30.3 Å². The van der Waals surface area contributed by atoms with Crippen LogP contribution < -0.4 is 5.01 Å². The normalized spacial score (nSPS) is 16.0. The van der Waals surface area contributed by atoms with E-state index in [9.17, 15) is 9.59 Å². The average Bonchev–Trinajstić information content (AvgIpc) is 2.49. The summed E-state index contributed by atoms with van der Waals surface area (Å²) in [4.78, 5) is 25.4. The van der Waals surface area contributed by atoms with E-state index in [-0.39, 0.29) is 11.8 Å². The molecule has 0 atom stereocenters. The number of hydrogen-bond donors (Lipinski definition) is 0. The number of anilines is 1. The summed E-state index contributed by atoms with van der Waals surface area (Å²) in [7, 11) is 0. The summed E-state index contributed by atoms with van der Waals surface area (Å²) in [6.45, 7) is 6.09. The Hall–Kier alpha value is -1.88. The van der Waals surface area contributed by atoms with Crippen LogP contribution in [0.15, 0.2) is 24.3 Å². The van der Waals surface area contributed by atoms with E-state index < -0.39 is 0 Å². The van der Waals surface area contributed by atoms with Crippen molar-refractivity contribution in [3.8, 4) is 0 Å². The molecule has 0 N–H and O–H groups in total. The van der Waals surface area contributed by atoms with Gasteiger partial charge in [0.25, 0.3) is 0 Å². The number of rotatable bonds is 3. The molecule has 1 aliphatic rings. The maximum Gasteiger partial charge on any atom is 0.241 e. The Morgan fingerprint density at radius 1 is 1.20 bits per heavy atom. The fraction of sp³-hybridized carbons (Fsp3) is 0.467. The fourth-order valence-corrected chi connectivity index (χ4v) is 2.34. The van der Waals surface area contributed by atoms with Gasteiger partial charge >= 0.3 is 0 Å². The molecule has 5 nitrogen and oxygen atoms in total. The highest BCUT2D eigenvalue weighted by molar-refractivity contribution is 5.92. The van der Waals surface area contributed by atoms with Gasteiger partial charge in [0, 0.05) is 39.5 Å². The van der Waals surface area contributed by atoms with Gasteiger partial charge in [-0.25, -0.2) is 10.0 Å². The van der Waals surface area contributed by atoms with Gasteiger partial charge in [0.2, 0.25) is 11.8 Å². The van der Waals surface area contributed by atoms with Crippen molar-refractivity contribution in [1.29, 1.82) is 0 Å². The molecule has 1 saturated heterocycles. The Balaban J connectivity index is 2.13. The number of carbonyl (C=O) groups is 2. The molecule has 0 saturated carbocycles. The topological polar surface area (TPSA) is 43.9 Å². The quantitative estimate of drug-likeness (QED) is 0.834. The molecule has 2 amide bonds. The lowest BCUT2D eigenvalue weighted by atomic mass is 10.2. The average molecular weight is 274 g/mol. The second-order valence-electron chi connectivity index (χ2n) is 4.78. The summed E-state index contributed by atoms with van der Waals surface area (Å²) in [6, 6.07) is 10.3. The Morgan fingerprint density at radius 2 is 1.80 bits per heavy atom. The number of hydrogen-bond acceptors (Lipinski definition) is 3. The van der Waals surface area contributed by atoms with Gasteiger partial charge in [-0.2, -0.15) is 0 Å². The van der Waals surface area contributed by atoms with Gasteiger partial charge in [0.1, 0.15) is 0 Å². The Kier molecular flexibility index (Phi) is 4.74. The van der Waals surface area contributed by atoms with Gasteiger partial charge in [-0.3, -0.25) is 9.59 Å². The van der Waals surface area contributed by atoms with Crippen molar-refractivity contribution in [2.75, 3.05) is 31.2 Å². The lowest BCUT2D eigenvalue weighted by Crippen LogP contribution is -2.56. The molecule has 0 aromatic heterocycles. The van der Waals surface area contributed by atoms with E-state index in [4.69, 9.17) is 0 Å². The van der Waals surface area contributed by atoms with E-state index in [0.29, 0.717) is 32.6 Å². The van der Waals surface area contributed by atoms with E-state index in [0.717, 1.165) is 5.69 Å². The third-order valence-corrected chi connectivity index (χ3v) is 3.47. The van der Waals surface area contributed by atoms with Crippen molar-refractivity contribution < 1.29 is 9.59 Å². The molecule has 107 valence electrons. The third-order valence-electron chi connectivity index (χ3n) is 3.47. The first-order valence-electron chi connectivity index (χ1n) is 6.93. The zero-order valence-electron chi connectivity index (χ0n) is 12.0. The number of hydrazine groups is 1. The fourth-order valence-electron chi connectivity index (χ4n) is 2.34. The zero-order valence-corrected chi connectivity index (χ0v) is 12.0. The number of nitrogens with zero attached hydrogens (tertiary/aromatic N) is 3. The Bertz CT molecular complexity index is 467. The van der Waals surface area contributed by atoms with E-state index in [1.807, 2.05) is 29.0 Å². The molecule has 2 rings (SSSR count). The summed E-state index contributed by atoms with van der Waals surface area (Å²) in [6.07, 6.45) is 0.450. The molecule has 1 aromatic rings. The molecule has 1 fully saturated rings. The first-order chi connectivity index (χ1) is 9.63. The Labute approximate surface area is 119 Å². The Morgan fingerprint density at radius 3 is 2.30 bits per heavy atom. The van der Waals surface area contributed by atoms with Crippen molar-refractivity contribution in [1.82, 2.24) is 9.91 Å². The maximum atomic E-state index is 12.2. The second kappa shape index (κ2) is 6.52. The highest BCUT2D eigenvalue weighted by atomic mass is 16.2. The van der Waals surface area contributed by atoms with E-state index in [1.165, 1.54) is 0 Å². The molecule has 1 radical (unpaired) electrons. The summed E-state index contributed by atoms with van der Waals surface area (Å²) < 4.78 is 0. The molecule has 5 heteroatoms. The van der Waals surface area contributed by atoms with Crippen LogP contribution in [0, 0.1) is 6.07 Å². The number of benzene rings is 1. The number of amides is 2. The molecule has 0 aliphatic carbocycles. The highest BCUT2D eigenvalue weighted by Crippen LogP contribution is 2.18. The number of piperazine rings is 1. The van der Waals surface area contributed by atoms with Crippen molar-refractivity contribution in [2.45, 2.75) is 20.3 Å². The first kappa shape index (κ1) is 14.5. The van der Waals surface area contributed by atoms with Crippen LogP contribution in [-0.4, -0.2) is 47.9 Å². The zero-order chi connectivity index (χ0) is 14.5. The smallest absolute Gasteiger partial charge is 0.241 e. The third kappa shape index (κ3) is 3.17. The van der Waals surface area contributed by atoms with Crippen LogP contribution in [-0.2, 0) is 9.59 Å². The van der Waals surface area contributed by atoms with Crippen LogP contribution in [0.3, 0.4) is 0 Å². The minimum absolute atomic E-state index is 0.0625. The van der Waals surface area contributed by atoms with Crippen LogP contribution in [0.4, 0.5) is 5.69 Å². The van der Waals surface area contributed by atoms with Gasteiger partial charge in [-0.15, -0.1) is 0 Å². The van der Waals surface area contributed by atoms with Crippen molar-refractivity contribution in [3.63, 3.8) is 0 Å². The minimum Gasteiger partial charge on any atom is -0.340 e. The SMILES string of the molecule is CCC(=O)N(c1cc[c]cc1)N1CCN(C(C)=O)CC1. The number of carbonyl (C=O) groups excluding carboxylic acids is 2. The summed E-state index contributed by atoms with van der Waals surface area (Å²) in [5.41, 5.74) is 0.854. The molecule has 1 heterocycles. The lowest BCUT2D eigenvalue weighted by molar-refractivity contribution is -0.131. The molecule has 0 unspecified atom stereocenters. The summed E-state index contributed by atoms with van der Waals surface area (Å²) in [5.74, 6) is 0.153. The monoisotopic (exact) mass is 274 g/mol. The predicted octanol–water partition coefficient (Wildman–Crippen LogP) is 1.31. The van der Waals surface area contributed by atoms with Gasteiger partial charge in [-0.1, -0.05) is 19.1 Å². The molecule has 0 spiro atoms. The highest BCUT2D eigenvalue weighted by Gasteiger charge is 2.26. The van der Waals surface area contributed by atoms with Crippen LogP contribution in [0.2, 0.25) is 0 Å². The van der Waals surface area contributed by atoms with Gasteiger partial charge in [0.15, 0.2) is 0 Å². The van der Waals surface area contributed by atoms with Gasteiger partial charge < -0.3 is 4.90 Å². The predicted molar refractivity (Wildman–Crippen MR) is 76.9 cm³/mol. The first-order valence-corrected chi connectivity index (χ1v) is 6.93. The maximum absolute atomic E-state index is 12.2. The van der Waals surface area contributed by atoms with Crippen LogP contribution in [0.5, 0.6) is 0 Å².